The van der Waals surface area contributed by atoms with Crippen molar-refractivity contribution in [2.75, 3.05) is 50.7 Å². The predicted octanol–water partition coefficient (Wildman–Crippen LogP) is 5.61. The molecule has 2 aliphatic rings. The second kappa shape index (κ2) is 12.2. The van der Waals surface area contributed by atoms with E-state index in [4.69, 9.17) is 0 Å². The largest absolute Gasteiger partial charge is 0.366 e. The summed E-state index contributed by atoms with van der Waals surface area (Å²) >= 11 is 0. The zero-order valence-corrected chi connectivity index (χ0v) is 23.4. The number of piperazine rings is 1. The third kappa shape index (κ3) is 5.98. The van der Waals surface area contributed by atoms with Crippen molar-refractivity contribution in [2.24, 2.45) is 0 Å². The molecule has 5 rings (SSSR count). The number of anilines is 1. The Hall–Kier alpha value is -3.06. The molecule has 7 nitrogen and oxygen atoms in total. The molecule has 0 spiro atoms. The number of urea groups is 1. The Balaban J connectivity index is 1.23. The summed E-state index contributed by atoms with van der Waals surface area (Å²) in [4.78, 5) is 19.4. The molecule has 2 amide bonds. The quantitative estimate of drug-likeness (QED) is 0.396. The molecule has 0 bridgehead atoms. The summed E-state index contributed by atoms with van der Waals surface area (Å²) in [5, 5.41) is 7.67. The molecule has 7 heteroatoms. The van der Waals surface area contributed by atoms with Gasteiger partial charge in [-0.3, -0.25) is 0 Å². The Kier molecular flexibility index (Phi) is 8.52. The highest BCUT2D eigenvalue weighted by Crippen LogP contribution is 2.32. The van der Waals surface area contributed by atoms with Crippen LogP contribution in [0.3, 0.4) is 0 Å². The van der Waals surface area contributed by atoms with E-state index < -0.39 is 0 Å². The van der Waals surface area contributed by atoms with Gasteiger partial charge in [0.1, 0.15) is 0 Å². The maximum Gasteiger partial charge on any atom is 0.317 e. The van der Waals surface area contributed by atoms with Gasteiger partial charge < -0.3 is 20.0 Å². The molecule has 4 heterocycles. The van der Waals surface area contributed by atoms with Gasteiger partial charge in [0.05, 0.1) is 11.2 Å². The zero-order valence-electron chi connectivity index (χ0n) is 23.4. The number of carbonyl (C=O) groups excluding carboxylic acids is 1. The first-order valence-electron chi connectivity index (χ1n) is 14.6. The number of amides is 2. The van der Waals surface area contributed by atoms with E-state index in [1.807, 2.05) is 15.6 Å². The predicted molar refractivity (Wildman–Crippen MR) is 156 cm³/mol. The molecule has 1 aromatic carbocycles. The number of piperidine rings is 1. The van der Waals surface area contributed by atoms with E-state index in [-0.39, 0.29) is 6.03 Å². The number of hydrogen-bond acceptors (Lipinski definition) is 4. The highest BCUT2D eigenvalue weighted by atomic mass is 16.2. The van der Waals surface area contributed by atoms with Crippen molar-refractivity contribution in [3.05, 3.63) is 54.4 Å². The first-order chi connectivity index (χ1) is 18.5. The number of unbranched alkanes of at least 4 members (excludes halogenated alkanes) is 2. The van der Waals surface area contributed by atoms with Gasteiger partial charge in [0.15, 0.2) is 0 Å². The first kappa shape index (κ1) is 26.5. The summed E-state index contributed by atoms with van der Waals surface area (Å²) in [6.07, 6.45) is 9.88. The zero-order chi connectivity index (χ0) is 26.5. The molecule has 2 aromatic heterocycles. The van der Waals surface area contributed by atoms with Gasteiger partial charge in [0, 0.05) is 56.7 Å². The third-order valence-corrected chi connectivity index (χ3v) is 8.43. The fourth-order valence-corrected chi connectivity index (χ4v) is 5.95. The van der Waals surface area contributed by atoms with Gasteiger partial charge >= 0.3 is 6.03 Å². The number of carbonyl (C=O) groups is 1. The van der Waals surface area contributed by atoms with Crippen LogP contribution in [-0.2, 0) is 0 Å². The number of benzene rings is 1. The summed E-state index contributed by atoms with van der Waals surface area (Å²) in [6.45, 7) is 13.1. The number of rotatable bonds is 8. The molecule has 204 valence electrons. The van der Waals surface area contributed by atoms with Crippen molar-refractivity contribution in [3.63, 3.8) is 0 Å². The van der Waals surface area contributed by atoms with Crippen LogP contribution in [0.15, 0.2) is 48.8 Å². The van der Waals surface area contributed by atoms with Crippen molar-refractivity contribution < 1.29 is 4.79 Å². The lowest BCUT2D eigenvalue weighted by molar-refractivity contribution is 0.172. The van der Waals surface area contributed by atoms with Crippen LogP contribution in [0.5, 0.6) is 0 Å². The fraction of sp³-hybridized carbons (Fsp3) is 0.548. The Morgan fingerprint density at radius 2 is 1.71 bits per heavy atom. The minimum absolute atomic E-state index is 0.0690. The molecule has 0 atom stereocenters. The molecular formula is C31H44N6O. The summed E-state index contributed by atoms with van der Waals surface area (Å²) in [5.74, 6) is 0.664. The molecule has 0 saturated carbocycles. The van der Waals surface area contributed by atoms with Crippen molar-refractivity contribution in [2.45, 2.75) is 64.8 Å². The highest BCUT2D eigenvalue weighted by Gasteiger charge is 2.24. The van der Waals surface area contributed by atoms with E-state index >= 15 is 0 Å². The van der Waals surface area contributed by atoms with Crippen LogP contribution in [0.1, 0.15) is 64.4 Å². The van der Waals surface area contributed by atoms with E-state index in [9.17, 15) is 4.79 Å². The molecule has 0 unspecified atom stereocenters. The lowest BCUT2D eigenvalue weighted by Crippen LogP contribution is -2.52. The van der Waals surface area contributed by atoms with Crippen LogP contribution in [0, 0.1) is 0 Å². The van der Waals surface area contributed by atoms with Gasteiger partial charge in [0.25, 0.3) is 0 Å². The van der Waals surface area contributed by atoms with Crippen molar-refractivity contribution in [1.29, 1.82) is 0 Å². The van der Waals surface area contributed by atoms with Crippen LogP contribution >= 0.6 is 0 Å². The average Bonchev–Trinajstić information content (AvgIpc) is 3.40. The number of likely N-dealkylation sites (tertiary alicyclic amines) is 1. The molecule has 1 N–H and O–H groups in total. The molecule has 0 aliphatic carbocycles. The van der Waals surface area contributed by atoms with E-state index in [2.05, 4.69) is 83.6 Å². The van der Waals surface area contributed by atoms with Crippen molar-refractivity contribution in [3.8, 4) is 11.1 Å². The Bertz CT molecular complexity index is 1190. The Labute approximate surface area is 227 Å². The number of hydrogen-bond donors (Lipinski definition) is 1. The average molecular weight is 517 g/mol. The van der Waals surface area contributed by atoms with Gasteiger partial charge in [-0.2, -0.15) is 5.10 Å². The molecule has 2 aliphatic heterocycles. The lowest BCUT2D eigenvalue weighted by Gasteiger charge is -2.36. The molecule has 38 heavy (non-hydrogen) atoms. The summed E-state index contributed by atoms with van der Waals surface area (Å²) < 4.78 is 1.99. The molecule has 2 saturated heterocycles. The summed E-state index contributed by atoms with van der Waals surface area (Å²) in [7, 11) is 0. The summed E-state index contributed by atoms with van der Waals surface area (Å²) in [6, 6.07) is 14.3. The number of nitrogens with zero attached hydrogens (tertiary/aromatic N) is 5. The van der Waals surface area contributed by atoms with Gasteiger partial charge in [-0.25, -0.2) is 9.31 Å². The third-order valence-electron chi connectivity index (χ3n) is 8.43. The van der Waals surface area contributed by atoms with Gasteiger partial charge in [-0.1, -0.05) is 44.0 Å². The minimum atomic E-state index is 0.0690. The molecule has 0 radical (unpaired) electrons. The van der Waals surface area contributed by atoms with Crippen molar-refractivity contribution >= 4 is 17.2 Å². The first-order valence-corrected chi connectivity index (χ1v) is 14.6. The van der Waals surface area contributed by atoms with E-state index in [1.54, 1.807) is 0 Å². The van der Waals surface area contributed by atoms with Crippen LogP contribution < -0.4 is 10.2 Å². The van der Waals surface area contributed by atoms with Gasteiger partial charge in [0.2, 0.25) is 0 Å². The van der Waals surface area contributed by atoms with E-state index in [0.717, 1.165) is 51.1 Å². The van der Waals surface area contributed by atoms with Crippen LogP contribution in [-0.4, -0.2) is 77.3 Å². The lowest BCUT2D eigenvalue weighted by atomic mass is 9.88. The molecule has 2 fully saturated rings. The van der Waals surface area contributed by atoms with Crippen molar-refractivity contribution in [1.82, 2.24) is 24.7 Å². The second-order valence-corrected chi connectivity index (χ2v) is 11.2. The summed E-state index contributed by atoms with van der Waals surface area (Å²) in [5.41, 5.74) is 6.19. The maximum atomic E-state index is 12.5. The SMILES string of the molecule is CCCCCNC(=O)N1CCN(c2ccnn3cc(-c4ccc(C5CCN(C(C)C)CC5)cc4)cc23)CC1. The number of aromatic nitrogens is 2. The van der Waals surface area contributed by atoms with Gasteiger partial charge in [-0.15, -0.1) is 0 Å². The topological polar surface area (TPSA) is 56.1 Å². The fourth-order valence-electron chi connectivity index (χ4n) is 5.95. The second-order valence-electron chi connectivity index (χ2n) is 11.2. The Morgan fingerprint density at radius 3 is 2.39 bits per heavy atom. The maximum absolute atomic E-state index is 12.5. The molecule has 3 aromatic rings. The number of fused-ring (bicyclic) bond motifs is 1. The van der Waals surface area contributed by atoms with Crippen LogP contribution in [0.4, 0.5) is 10.5 Å². The van der Waals surface area contributed by atoms with Crippen LogP contribution in [0.2, 0.25) is 0 Å². The van der Waals surface area contributed by atoms with E-state index in [1.165, 1.54) is 54.7 Å². The smallest absolute Gasteiger partial charge is 0.317 e. The normalized spacial score (nSPS) is 17.5. The van der Waals surface area contributed by atoms with E-state index in [0.29, 0.717) is 12.0 Å². The highest BCUT2D eigenvalue weighted by molar-refractivity contribution is 5.80. The van der Waals surface area contributed by atoms with Crippen LogP contribution in [0.25, 0.3) is 16.6 Å². The molecular weight excluding hydrogens is 472 g/mol. The Morgan fingerprint density at radius 1 is 0.974 bits per heavy atom. The monoisotopic (exact) mass is 516 g/mol. The van der Waals surface area contributed by atoms with Gasteiger partial charge in [-0.05, 0) is 75.4 Å². The minimum Gasteiger partial charge on any atom is -0.366 e. The number of nitrogens with one attached hydrogen (secondary N) is 1. The standard InChI is InChI=1S/C31H44N6O/c1-4-5-6-14-32-31(38)36-20-18-35(19-21-36)29-11-15-33-37-23-28(22-30(29)37)26-9-7-25(8-10-26)27-12-16-34(17-13-27)24(2)3/h7-11,15,22-24,27H,4-6,12-14,16-21H2,1-3H3,(H,32,38).